The van der Waals surface area contributed by atoms with Gasteiger partial charge in [-0.05, 0) is 30.5 Å². The molecule has 1 aliphatic rings. The number of aromatic nitrogens is 8. The maximum atomic E-state index is 13.0. The molecular formula is C19H14N8O3S. The first kappa shape index (κ1) is 17.9. The average molecular weight is 434 g/mol. The lowest BCUT2D eigenvalue weighted by Crippen LogP contribution is -2.20. The van der Waals surface area contributed by atoms with Crippen LogP contribution in [0.2, 0.25) is 0 Å². The van der Waals surface area contributed by atoms with E-state index in [0.717, 1.165) is 5.56 Å². The van der Waals surface area contributed by atoms with Crippen molar-refractivity contribution in [3.05, 3.63) is 47.0 Å². The molecule has 0 bridgehead atoms. The fourth-order valence-electron chi connectivity index (χ4n) is 3.43. The molecule has 1 N–H and O–H groups in total. The minimum absolute atomic E-state index is 0.285. The Morgan fingerprint density at radius 2 is 2.00 bits per heavy atom. The second kappa shape index (κ2) is 6.80. The van der Waals surface area contributed by atoms with Crippen molar-refractivity contribution in [2.45, 2.75) is 5.16 Å². The van der Waals surface area contributed by atoms with Crippen molar-refractivity contribution in [2.24, 2.45) is 0 Å². The molecule has 0 atom stereocenters. The second-order valence-corrected chi connectivity index (χ2v) is 7.47. The fraction of sp³-hybridized carbons (Fsp3) is 0.158. The van der Waals surface area contributed by atoms with E-state index in [1.165, 1.54) is 22.5 Å². The number of nitrogens with one attached hydrogen (secondary N) is 1. The van der Waals surface area contributed by atoms with Gasteiger partial charge in [-0.1, -0.05) is 11.8 Å². The van der Waals surface area contributed by atoms with Crippen molar-refractivity contribution < 1.29 is 9.47 Å². The Hall–Kier alpha value is -3.93. The molecule has 0 saturated heterocycles. The van der Waals surface area contributed by atoms with Crippen LogP contribution in [0.3, 0.4) is 0 Å². The van der Waals surface area contributed by atoms with Gasteiger partial charge in [-0.15, -0.1) is 10.2 Å². The molecule has 4 aromatic heterocycles. The Balaban J connectivity index is 1.48. The van der Waals surface area contributed by atoms with E-state index in [9.17, 15) is 4.79 Å². The summed E-state index contributed by atoms with van der Waals surface area (Å²) in [5.41, 5.74) is 1.07. The summed E-state index contributed by atoms with van der Waals surface area (Å²) in [4.78, 5) is 26.2. The summed E-state index contributed by atoms with van der Waals surface area (Å²) in [5, 5.41) is 12.3. The normalized spacial score (nSPS) is 13.2. The third-order valence-electron chi connectivity index (χ3n) is 4.90. The van der Waals surface area contributed by atoms with Crippen LogP contribution < -0.4 is 15.0 Å². The summed E-state index contributed by atoms with van der Waals surface area (Å²) in [5.74, 6) is 2.55. The van der Waals surface area contributed by atoms with Crippen molar-refractivity contribution in [3.63, 3.8) is 0 Å². The number of fused-ring (bicyclic) bond motifs is 4. The summed E-state index contributed by atoms with van der Waals surface area (Å²) >= 11 is 1.38. The first-order valence-electron chi connectivity index (χ1n) is 9.35. The van der Waals surface area contributed by atoms with Gasteiger partial charge in [0, 0.05) is 18.0 Å². The van der Waals surface area contributed by atoms with E-state index in [1.807, 2.05) is 24.5 Å². The third kappa shape index (κ3) is 2.83. The maximum absolute atomic E-state index is 13.0. The molecule has 0 amide bonds. The number of benzene rings is 1. The average Bonchev–Trinajstić information content (AvgIpc) is 3.46. The number of ether oxygens (including phenoxy) is 2. The van der Waals surface area contributed by atoms with Crippen LogP contribution in [0.25, 0.3) is 34.0 Å². The van der Waals surface area contributed by atoms with Gasteiger partial charge in [-0.3, -0.25) is 9.36 Å². The number of H-pyrrole nitrogens is 1. The number of pyridine rings is 1. The quantitative estimate of drug-likeness (QED) is 0.422. The molecule has 154 valence electrons. The summed E-state index contributed by atoms with van der Waals surface area (Å²) < 4.78 is 14.2. The zero-order chi connectivity index (χ0) is 20.9. The second-order valence-electron chi connectivity index (χ2n) is 6.70. The van der Waals surface area contributed by atoms with Crippen LogP contribution in [0, 0.1) is 0 Å². The number of rotatable bonds is 3. The van der Waals surface area contributed by atoms with E-state index < -0.39 is 0 Å². The lowest BCUT2D eigenvalue weighted by atomic mass is 10.2. The Labute approximate surface area is 178 Å². The fourth-order valence-corrected chi connectivity index (χ4v) is 3.74. The monoisotopic (exact) mass is 434 g/mol. The molecule has 0 saturated carbocycles. The van der Waals surface area contributed by atoms with Crippen molar-refractivity contribution >= 4 is 28.4 Å². The van der Waals surface area contributed by atoms with Gasteiger partial charge in [0.05, 0.1) is 10.9 Å². The van der Waals surface area contributed by atoms with Gasteiger partial charge in [0.15, 0.2) is 17.3 Å². The molecule has 1 aromatic carbocycles. The topological polar surface area (TPSA) is 125 Å². The van der Waals surface area contributed by atoms with Crippen LogP contribution in [0.15, 0.2) is 46.6 Å². The molecule has 0 spiro atoms. The van der Waals surface area contributed by atoms with Crippen LogP contribution in [0.1, 0.15) is 0 Å². The first-order valence-corrected chi connectivity index (χ1v) is 10.6. The van der Waals surface area contributed by atoms with Gasteiger partial charge in [0.25, 0.3) is 11.3 Å². The Bertz CT molecular complexity index is 1520. The van der Waals surface area contributed by atoms with Gasteiger partial charge in [-0.2, -0.15) is 14.5 Å². The predicted molar refractivity (Wildman–Crippen MR) is 112 cm³/mol. The van der Waals surface area contributed by atoms with Gasteiger partial charge < -0.3 is 9.47 Å². The molecule has 31 heavy (non-hydrogen) atoms. The largest absolute Gasteiger partial charge is 0.486 e. The summed E-state index contributed by atoms with van der Waals surface area (Å²) in [6.45, 7) is 1.02. The lowest BCUT2D eigenvalue weighted by molar-refractivity contribution is 0.171. The van der Waals surface area contributed by atoms with Gasteiger partial charge >= 0.3 is 0 Å². The zero-order valence-corrected chi connectivity index (χ0v) is 17.0. The van der Waals surface area contributed by atoms with E-state index in [2.05, 4.69) is 30.2 Å². The van der Waals surface area contributed by atoms with E-state index in [4.69, 9.17) is 9.47 Å². The highest BCUT2D eigenvalue weighted by Gasteiger charge is 2.17. The molecule has 1 aliphatic heterocycles. The number of hydrogen-bond acceptors (Lipinski definition) is 9. The van der Waals surface area contributed by atoms with E-state index in [0.29, 0.717) is 58.3 Å². The highest BCUT2D eigenvalue weighted by molar-refractivity contribution is 7.98. The number of thioether (sulfide) groups is 1. The molecular weight excluding hydrogens is 420 g/mol. The standard InChI is InChI=1S/C19H14N8O3S/c1-31-19-22-18(23-24-19)26-5-4-12-11(16(26)28)9-20-17-21-15(25-27(12)17)10-2-3-13-14(8-10)30-7-6-29-13/h2-5,8-9H,6-7H2,1H3,(H,22,23,24). The minimum atomic E-state index is -0.285. The molecule has 0 unspecified atom stereocenters. The van der Waals surface area contributed by atoms with Crippen molar-refractivity contribution in [1.82, 2.24) is 39.3 Å². The smallest absolute Gasteiger partial charge is 0.268 e. The van der Waals surface area contributed by atoms with Crippen LogP contribution in [-0.4, -0.2) is 58.8 Å². The molecule has 0 radical (unpaired) electrons. The third-order valence-corrected chi connectivity index (χ3v) is 5.45. The highest BCUT2D eigenvalue weighted by Crippen LogP contribution is 2.33. The summed E-state index contributed by atoms with van der Waals surface area (Å²) in [6.07, 6.45) is 4.98. The van der Waals surface area contributed by atoms with E-state index in [-0.39, 0.29) is 5.56 Å². The lowest BCUT2D eigenvalue weighted by Gasteiger charge is -2.18. The van der Waals surface area contributed by atoms with Gasteiger partial charge in [-0.25, -0.2) is 10.1 Å². The molecule has 5 aromatic rings. The van der Waals surface area contributed by atoms with Crippen molar-refractivity contribution in [3.8, 4) is 28.8 Å². The van der Waals surface area contributed by atoms with Gasteiger partial charge in [0.2, 0.25) is 11.1 Å². The van der Waals surface area contributed by atoms with Crippen molar-refractivity contribution in [1.29, 1.82) is 0 Å². The van der Waals surface area contributed by atoms with E-state index >= 15 is 0 Å². The highest BCUT2D eigenvalue weighted by atomic mass is 32.2. The SMILES string of the molecule is CSc1n[nH]c(-n2ccc3c(cnc4nc(-c5ccc6c(c5)OCCO6)nn43)c2=O)n1. The van der Waals surface area contributed by atoms with Crippen LogP contribution in [0.4, 0.5) is 0 Å². The van der Waals surface area contributed by atoms with E-state index in [1.54, 1.807) is 16.8 Å². The molecule has 0 fully saturated rings. The van der Waals surface area contributed by atoms with Crippen LogP contribution in [0.5, 0.6) is 11.5 Å². The molecule has 6 rings (SSSR count). The Kier molecular flexibility index (Phi) is 3.93. The number of aromatic amines is 1. The minimum Gasteiger partial charge on any atom is -0.486 e. The van der Waals surface area contributed by atoms with Crippen LogP contribution >= 0.6 is 11.8 Å². The molecule has 11 nitrogen and oxygen atoms in total. The van der Waals surface area contributed by atoms with Crippen molar-refractivity contribution in [2.75, 3.05) is 19.5 Å². The van der Waals surface area contributed by atoms with Gasteiger partial charge in [0.1, 0.15) is 13.2 Å². The zero-order valence-electron chi connectivity index (χ0n) is 16.1. The molecule has 0 aliphatic carbocycles. The maximum Gasteiger partial charge on any atom is 0.268 e. The summed E-state index contributed by atoms with van der Waals surface area (Å²) in [6, 6.07) is 7.31. The Morgan fingerprint density at radius 1 is 1.13 bits per heavy atom. The first-order chi connectivity index (χ1) is 15.2. The molecule has 12 heteroatoms. The van der Waals surface area contributed by atoms with Crippen LogP contribution in [-0.2, 0) is 0 Å². The molecule has 5 heterocycles. The Morgan fingerprint density at radius 3 is 2.84 bits per heavy atom. The predicted octanol–water partition coefficient (Wildman–Crippen LogP) is 1.71. The summed E-state index contributed by atoms with van der Waals surface area (Å²) in [7, 11) is 0. The number of hydrogen-bond donors (Lipinski definition) is 1. The number of nitrogens with zero attached hydrogens (tertiary/aromatic N) is 7.